The smallest absolute Gasteiger partial charge is 0.264 e. The maximum atomic E-state index is 12.5. The summed E-state index contributed by atoms with van der Waals surface area (Å²) in [5.74, 6) is -0.255. The maximum Gasteiger partial charge on any atom is 0.264 e. The summed E-state index contributed by atoms with van der Waals surface area (Å²) >= 11 is 1.55. The van der Waals surface area contributed by atoms with Crippen molar-refractivity contribution in [1.82, 2.24) is 15.0 Å². The molecular weight excluding hydrogens is 460 g/mol. The van der Waals surface area contributed by atoms with Crippen LogP contribution in [0, 0.1) is 13.8 Å². The molecule has 0 spiro atoms. The highest BCUT2D eigenvalue weighted by atomic mass is 32.2. The number of aromatic nitrogens is 3. The Morgan fingerprint density at radius 2 is 1.70 bits per heavy atom. The number of amides is 1. The molecule has 4 aromatic rings. The van der Waals surface area contributed by atoms with Crippen LogP contribution in [-0.4, -0.2) is 42.9 Å². The van der Waals surface area contributed by atoms with Crippen LogP contribution in [0.3, 0.4) is 0 Å². The summed E-state index contributed by atoms with van der Waals surface area (Å²) in [5.41, 5.74) is 3.69. The molecule has 0 unspecified atom stereocenters. The first kappa shape index (κ1) is 22.6. The number of nitrogens with zero attached hydrogens (tertiary/aromatic N) is 4. The van der Waals surface area contributed by atoms with Crippen molar-refractivity contribution in [2.24, 2.45) is 0 Å². The lowest BCUT2D eigenvalue weighted by Gasteiger charge is -2.15. The molecule has 0 fully saturated rings. The van der Waals surface area contributed by atoms with E-state index in [-0.39, 0.29) is 23.3 Å². The number of benzene rings is 2. The van der Waals surface area contributed by atoms with Crippen LogP contribution in [0.4, 0.5) is 16.8 Å². The van der Waals surface area contributed by atoms with Crippen molar-refractivity contribution < 1.29 is 13.2 Å². The monoisotopic (exact) mass is 482 g/mol. The molecule has 0 bridgehead atoms. The molecule has 0 saturated carbocycles. The fraction of sp³-hybridized carbons (Fsp3) is 0.182. The highest BCUT2D eigenvalue weighted by Gasteiger charge is 2.17. The van der Waals surface area contributed by atoms with Gasteiger partial charge in [0.2, 0.25) is 11.9 Å². The molecule has 9 nitrogen and oxygen atoms in total. The number of aryl methyl sites for hydroxylation is 2. The summed E-state index contributed by atoms with van der Waals surface area (Å²) in [6.07, 6.45) is 2.88. The predicted octanol–water partition coefficient (Wildman–Crippen LogP) is 3.58. The highest BCUT2D eigenvalue weighted by Crippen LogP contribution is 2.32. The van der Waals surface area contributed by atoms with Gasteiger partial charge in [0.25, 0.3) is 10.0 Å². The molecule has 0 aliphatic heterocycles. The van der Waals surface area contributed by atoms with Crippen molar-refractivity contribution in [3.8, 4) is 0 Å². The summed E-state index contributed by atoms with van der Waals surface area (Å²) in [6, 6.07) is 11.6. The zero-order chi connectivity index (χ0) is 23.6. The lowest BCUT2D eigenvalue weighted by Crippen LogP contribution is -2.29. The number of sulfonamides is 1. The van der Waals surface area contributed by atoms with Gasteiger partial charge in [0.05, 0.1) is 21.7 Å². The second-order valence-corrected chi connectivity index (χ2v) is 10.1. The van der Waals surface area contributed by atoms with Gasteiger partial charge in [-0.25, -0.2) is 28.1 Å². The van der Waals surface area contributed by atoms with Crippen LogP contribution in [0.2, 0.25) is 0 Å². The molecule has 0 aliphatic rings. The number of carbonyl (C=O) groups is 1. The van der Waals surface area contributed by atoms with Gasteiger partial charge in [0, 0.05) is 25.1 Å². The molecule has 1 amide bonds. The number of hydrogen-bond acceptors (Lipinski definition) is 8. The van der Waals surface area contributed by atoms with Gasteiger partial charge in [-0.3, -0.25) is 4.79 Å². The standard InChI is InChI=1S/C22H22N6O3S2/c1-14-5-6-15(2)20-19(14)26-22(32-20)28(3)13-18(29)25-16-7-9-17(10-8-16)33(30,31)27-21-23-11-4-12-24-21/h4-12H,13H2,1-3H3,(H,25,29)(H,23,24,27). The van der Waals surface area contributed by atoms with E-state index < -0.39 is 10.0 Å². The van der Waals surface area contributed by atoms with Crippen LogP contribution >= 0.6 is 11.3 Å². The predicted molar refractivity (Wildman–Crippen MR) is 130 cm³/mol. The summed E-state index contributed by atoms with van der Waals surface area (Å²) in [6.45, 7) is 4.16. The molecule has 2 aromatic carbocycles. The first-order chi connectivity index (χ1) is 15.7. The van der Waals surface area contributed by atoms with E-state index in [1.54, 1.807) is 22.3 Å². The zero-order valence-electron chi connectivity index (χ0n) is 18.2. The van der Waals surface area contributed by atoms with Crippen LogP contribution in [-0.2, 0) is 14.8 Å². The number of anilines is 3. The summed E-state index contributed by atoms with van der Waals surface area (Å²) in [4.78, 5) is 26.8. The van der Waals surface area contributed by atoms with E-state index in [4.69, 9.17) is 0 Å². The molecule has 11 heteroatoms. The Morgan fingerprint density at radius 1 is 1.03 bits per heavy atom. The molecule has 0 saturated heterocycles. The van der Waals surface area contributed by atoms with E-state index in [9.17, 15) is 13.2 Å². The molecule has 4 rings (SSSR count). The fourth-order valence-corrected chi connectivity index (χ4v) is 5.17. The number of nitrogens with one attached hydrogen (secondary N) is 2. The molecule has 0 radical (unpaired) electrons. The minimum Gasteiger partial charge on any atom is -0.342 e. The Hall–Kier alpha value is -3.57. The second kappa shape index (κ2) is 9.12. The van der Waals surface area contributed by atoms with E-state index >= 15 is 0 Å². The van der Waals surface area contributed by atoms with Gasteiger partial charge < -0.3 is 10.2 Å². The summed E-state index contributed by atoms with van der Waals surface area (Å²) in [7, 11) is -2.02. The molecule has 2 aromatic heterocycles. The minimum atomic E-state index is -3.84. The van der Waals surface area contributed by atoms with Crippen LogP contribution < -0.4 is 14.9 Å². The number of fused-ring (bicyclic) bond motifs is 1. The Balaban J connectivity index is 1.40. The lowest BCUT2D eigenvalue weighted by atomic mass is 10.1. The molecule has 0 atom stereocenters. The Labute approximate surface area is 195 Å². The van der Waals surface area contributed by atoms with Gasteiger partial charge in [-0.15, -0.1) is 0 Å². The lowest BCUT2D eigenvalue weighted by molar-refractivity contribution is -0.114. The third-order valence-electron chi connectivity index (χ3n) is 4.88. The third-order valence-corrected chi connectivity index (χ3v) is 7.53. The largest absolute Gasteiger partial charge is 0.342 e. The molecule has 2 heterocycles. The van der Waals surface area contributed by atoms with E-state index in [0.717, 1.165) is 26.5 Å². The fourth-order valence-electron chi connectivity index (χ4n) is 3.14. The number of rotatable bonds is 7. The zero-order valence-corrected chi connectivity index (χ0v) is 19.9. The molecule has 0 aliphatic carbocycles. The average molecular weight is 483 g/mol. The van der Waals surface area contributed by atoms with Crippen molar-refractivity contribution in [2.75, 3.05) is 28.5 Å². The first-order valence-electron chi connectivity index (χ1n) is 10.0. The van der Waals surface area contributed by atoms with Gasteiger partial charge in [-0.1, -0.05) is 23.5 Å². The van der Waals surface area contributed by atoms with Gasteiger partial charge in [0.1, 0.15) is 0 Å². The SMILES string of the molecule is Cc1ccc(C)c2sc(N(C)CC(=O)Nc3ccc(S(=O)(=O)Nc4ncccn4)cc3)nc12. The summed E-state index contributed by atoms with van der Waals surface area (Å²) < 4.78 is 28.4. The normalized spacial score (nSPS) is 11.4. The van der Waals surface area contributed by atoms with Crippen molar-refractivity contribution in [3.05, 3.63) is 66.0 Å². The Bertz CT molecular complexity index is 1360. The number of thiazole rings is 1. The van der Waals surface area contributed by atoms with E-state index in [1.165, 1.54) is 36.7 Å². The van der Waals surface area contributed by atoms with Gasteiger partial charge in [0.15, 0.2) is 5.13 Å². The topological polar surface area (TPSA) is 117 Å². The third kappa shape index (κ3) is 5.10. The van der Waals surface area contributed by atoms with Crippen LogP contribution in [0.5, 0.6) is 0 Å². The number of hydrogen-bond donors (Lipinski definition) is 2. The number of carbonyl (C=O) groups excluding carboxylic acids is 1. The van der Waals surface area contributed by atoms with Crippen LogP contribution in [0.25, 0.3) is 10.2 Å². The van der Waals surface area contributed by atoms with E-state index in [0.29, 0.717) is 5.69 Å². The molecular formula is C22H22N6O3S2. The van der Waals surface area contributed by atoms with Crippen LogP contribution in [0.1, 0.15) is 11.1 Å². The quantitative estimate of drug-likeness (QED) is 0.413. The van der Waals surface area contributed by atoms with E-state index in [1.807, 2.05) is 27.0 Å². The maximum absolute atomic E-state index is 12.5. The summed E-state index contributed by atoms with van der Waals surface area (Å²) in [5, 5.41) is 3.54. The van der Waals surface area contributed by atoms with Crippen molar-refractivity contribution in [2.45, 2.75) is 18.7 Å². The van der Waals surface area contributed by atoms with Crippen molar-refractivity contribution in [1.29, 1.82) is 0 Å². The Kier molecular flexibility index (Phi) is 6.25. The number of likely N-dealkylation sites (N-methyl/N-ethyl adjacent to an activating group) is 1. The first-order valence-corrected chi connectivity index (χ1v) is 12.3. The van der Waals surface area contributed by atoms with E-state index in [2.05, 4.69) is 31.1 Å². The van der Waals surface area contributed by atoms with Gasteiger partial charge in [-0.2, -0.15) is 0 Å². The van der Waals surface area contributed by atoms with Gasteiger partial charge in [-0.05, 0) is 55.3 Å². The molecule has 33 heavy (non-hydrogen) atoms. The second-order valence-electron chi connectivity index (χ2n) is 7.48. The average Bonchev–Trinajstić information content (AvgIpc) is 3.24. The Morgan fingerprint density at radius 3 is 2.36 bits per heavy atom. The minimum absolute atomic E-state index is 0.0156. The molecule has 170 valence electrons. The molecule has 2 N–H and O–H groups in total. The highest BCUT2D eigenvalue weighted by molar-refractivity contribution is 7.92. The van der Waals surface area contributed by atoms with Gasteiger partial charge >= 0.3 is 0 Å². The van der Waals surface area contributed by atoms with Crippen molar-refractivity contribution in [3.63, 3.8) is 0 Å². The van der Waals surface area contributed by atoms with Crippen molar-refractivity contribution >= 4 is 54.3 Å². The van der Waals surface area contributed by atoms with Crippen LogP contribution in [0.15, 0.2) is 59.8 Å².